The van der Waals surface area contributed by atoms with Gasteiger partial charge in [0, 0.05) is 56.3 Å². The number of para-hydroxylation sites is 1. The second kappa shape index (κ2) is 19.7. The number of likely N-dealkylation sites (N-methyl/N-ethyl adjacent to an activating group) is 1. The number of hydrogen-bond donors (Lipinski definition) is 3. The van der Waals surface area contributed by atoms with Gasteiger partial charge in [0.25, 0.3) is 0 Å². The van der Waals surface area contributed by atoms with Crippen LogP contribution >= 0.6 is 0 Å². The number of benzene rings is 3. The number of aromatic nitrogens is 1. The van der Waals surface area contributed by atoms with Crippen molar-refractivity contribution in [2.45, 2.75) is 101 Å². The molecule has 2 heterocycles. The predicted molar refractivity (Wildman–Crippen MR) is 242 cm³/mol. The second-order valence-corrected chi connectivity index (χ2v) is 19.5. The summed E-state index contributed by atoms with van der Waals surface area (Å²) in [7, 11) is -2.74. The Hall–Kier alpha value is -5.12. The molecule has 13 nitrogen and oxygen atoms in total. The quantitative estimate of drug-likeness (QED) is 0.0503. The van der Waals surface area contributed by atoms with E-state index in [0.29, 0.717) is 47.4 Å². The van der Waals surface area contributed by atoms with Gasteiger partial charge in [0.1, 0.15) is 22.0 Å². The Morgan fingerprint density at radius 3 is 2.49 bits per heavy atom. The van der Waals surface area contributed by atoms with E-state index >= 15 is 8.42 Å². The molecule has 0 radical (unpaired) electrons. The van der Waals surface area contributed by atoms with Crippen LogP contribution in [-0.4, -0.2) is 84.0 Å². The molecule has 0 saturated heterocycles. The van der Waals surface area contributed by atoms with E-state index in [9.17, 15) is 15.0 Å². The van der Waals surface area contributed by atoms with Crippen molar-refractivity contribution >= 4 is 32.7 Å². The number of rotatable bonds is 18. The molecule has 3 N–H and O–H groups in total. The number of carbonyl (C=O) groups is 1. The van der Waals surface area contributed by atoms with Gasteiger partial charge in [-0.2, -0.15) is 4.31 Å². The van der Waals surface area contributed by atoms with Gasteiger partial charge in [0.2, 0.25) is 15.8 Å². The molecular weight excluding hydrogens is 821 g/mol. The first-order chi connectivity index (χ1) is 30.3. The van der Waals surface area contributed by atoms with Crippen molar-refractivity contribution in [3.05, 3.63) is 120 Å². The molecule has 2 aliphatic carbocycles. The van der Waals surface area contributed by atoms with Gasteiger partial charge in [0.15, 0.2) is 0 Å². The van der Waals surface area contributed by atoms with Crippen LogP contribution in [0.1, 0.15) is 82.8 Å². The van der Waals surface area contributed by atoms with Crippen molar-refractivity contribution in [2.24, 2.45) is 22.9 Å². The maximum absolute atomic E-state index is 15.2. The third kappa shape index (κ3) is 9.85. The number of carbonyl (C=O) groups excluding carboxylic acids is 1. The van der Waals surface area contributed by atoms with E-state index in [1.807, 2.05) is 69.3 Å². The molecule has 7 rings (SSSR count). The highest BCUT2D eigenvalue weighted by Crippen LogP contribution is 2.62. The van der Waals surface area contributed by atoms with Gasteiger partial charge >= 0.3 is 6.09 Å². The number of fused-ring (bicyclic) bond motifs is 3. The minimum atomic E-state index is -4.30. The zero-order valence-corrected chi connectivity index (χ0v) is 37.4. The summed E-state index contributed by atoms with van der Waals surface area (Å²) in [6, 6.07) is 22.5. The van der Waals surface area contributed by atoms with Gasteiger partial charge in [-0.15, -0.1) is 6.58 Å². The van der Waals surface area contributed by atoms with Crippen LogP contribution in [-0.2, 0) is 26.1 Å². The SMILES string of the molecule is C=CCOC12Oc3ccc(OC(=O)NCc4ccccc4)cc3C3C(CCCCO)C(CCCCO)C=C(C(=NOC(C)(C)C)CC1N(C)S(=O)(=O)c1cccc4cccnc14)C32. The molecule has 336 valence electrons. The molecule has 1 amide bonds. The summed E-state index contributed by atoms with van der Waals surface area (Å²) in [5, 5.41) is 28.2. The number of sulfonamides is 1. The standard InChI is InChI=1S/C49H60N4O9S/c1-6-28-59-49-43(53(5)63(57,58)42-22-14-19-34-20-15-25-50-46(34)42)31-40(52-62-48(2,3)4)38-29-35(18-10-12-26-54)37(21-11-13-27-55)44(45(38)49)39-30-36(23-24-41(39)61-49)60-47(56)51-32-33-16-8-7-9-17-33/h6-9,14-17,19-20,22-25,29-30,35,37,43-45,54-55H,1,10-13,18,21,26-28,31-32H2,2-5H3,(H,51,56). The Labute approximate surface area is 370 Å². The number of pyridine rings is 1. The third-order valence-electron chi connectivity index (χ3n) is 12.3. The molecule has 14 heteroatoms. The number of allylic oxidation sites excluding steroid dienone is 1. The van der Waals surface area contributed by atoms with E-state index in [2.05, 4.69) is 23.0 Å². The molecule has 3 aromatic carbocycles. The number of nitrogens with zero attached hydrogens (tertiary/aromatic N) is 3. The van der Waals surface area contributed by atoms with Gasteiger partial charge in [-0.05, 0) is 99.8 Å². The van der Waals surface area contributed by atoms with Crippen LogP contribution in [0.5, 0.6) is 11.5 Å². The number of ether oxygens (including phenoxy) is 3. The molecular formula is C49H60N4O9S. The van der Waals surface area contributed by atoms with Crippen molar-refractivity contribution < 1.29 is 42.5 Å². The molecule has 3 aliphatic rings. The first-order valence-corrected chi connectivity index (χ1v) is 23.3. The largest absolute Gasteiger partial charge is 0.460 e. The van der Waals surface area contributed by atoms with Gasteiger partial charge in [0.05, 0.1) is 29.8 Å². The number of nitrogens with one attached hydrogen (secondary N) is 1. The molecule has 1 aliphatic heterocycles. The normalized spacial score (nSPS) is 23.6. The lowest BCUT2D eigenvalue weighted by atomic mass is 9.55. The number of hydrogen-bond acceptors (Lipinski definition) is 11. The Bertz CT molecular complexity index is 2410. The molecule has 0 bridgehead atoms. The smallest absolute Gasteiger partial charge is 0.412 e. The minimum Gasteiger partial charge on any atom is -0.460 e. The van der Waals surface area contributed by atoms with Crippen molar-refractivity contribution in [1.82, 2.24) is 14.6 Å². The third-order valence-corrected chi connectivity index (χ3v) is 14.2. The first-order valence-electron chi connectivity index (χ1n) is 21.9. The van der Waals surface area contributed by atoms with Crippen LogP contribution in [0.25, 0.3) is 10.9 Å². The maximum atomic E-state index is 15.2. The molecule has 1 aromatic heterocycles. The molecule has 63 heavy (non-hydrogen) atoms. The van der Waals surface area contributed by atoms with Gasteiger partial charge in [-0.1, -0.05) is 78.7 Å². The van der Waals surface area contributed by atoms with E-state index in [4.69, 9.17) is 24.2 Å². The summed E-state index contributed by atoms with van der Waals surface area (Å²) in [5.74, 6) is -1.98. The Kier molecular flexibility index (Phi) is 14.4. The topological polar surface area (TPSA) is 169 Å². The average molecular weight is 881 g/mol. The summed E-state index contributed by atoms with van der Waals surface area (Å²) >= 11 is 0. The molecule has 4 aromatic rings. The number of aliphatic hydroxyl groups excluding tert-OH is 2. The summed E-state index contributed by atoms with van der Waals surface area (Å²) in [6.07, 6.45) is 9.07. The highest BCUT2D eigenvalue weighted by atomic mass is 32.2. The Balaban J connectivity index is 1.42. The summed E-state index contributed by atoms with van der Waals surface area (Å²) < 4.78 is 51.8. The predicted octanol–water partition coefficient (Wildman–Crippen LogP) is 8.28. The molecule has 6 atom stereocenters. The van der Waals surface area contributed by atoms with E-state index < -0.39 is 39.5 Å². The fraction of sp³-hybridized carbons (Fsp3) is 0.449. The zero-order valence-electron chi connectivity index (χ0n) is 36.6. The van der Waals surface area contributed by atoms with E-state index in [1.165, 1.54) is 4.31 Å². The van der Waals surface area contributed by atoms with Gasteiger partial charge in [-0.25, -0.2) is 13.2 Å². The van der Waals surface area contributed by atoms with E-state index in [1.54, 1.807) is 49.7 Å². The monoisotopic (exact) mass is 880 g/mol. The van der Waals surface area contributed by atoms with E-state index in [-0.39, 0.29) is 55.4 Å². The molecule has 1 saturated carbocycles. The van der Waals surface area contributed by atoms with Crippen molar-refractivity contribution in [3.8, 4) is 11.5 Å². The van der Waals surface area contributed by atoms with E-state index in [0.717, 1.165) is 36.0 Å². The highest BCUT2D eigenvalue weighted by molar-refractivity contribution is 7.89. The van der Waals surface area contributed by atoms with Gasteiger partial charge < -0.3 is 34.6 Å². The first kappa shape index (κ1) is 45.9. The number of unbranched alkanes of at least 4 members (excludes halogenated alkanes) is 2. The number of aliphatic hydroxyl groups is 2. The summed E-state index contributed by atoms with van der Waals surface area (Å²) in [4.78, 5) is 24.0. The van der Waals surface area contributed by atoms with Crippen molar-refractivity contribution in [1.29, 1.82) is 0 Å². The van der Waals surface area contributed by atoms with Crippen LogP contribution in [0, 0.1) is 17.8 Å². The Morgan fingerprint density at radius 1 is 1.02 bits per heavy atom. The van der Waals surface area contributed by atoms with Crippen molar-refractivity contribution in [3.63, 3.8) is 0 Å². The number of amides is 1. The molecule has 6 unspecified atom stereocenters. The fourth-order valence-corrected chi connectivity index (χ4v) is 11.0. The van der Waals surface area contributed by atoms with Crippen LogP contribution in [0.15, 0.2) is 119 Å². The fourth-order valence-electron chi connectivity index (χ4n) is 9.48. The average Bonchev–Trinajstić information content (AvgIpc) is 3.27. The lowest BCUT2D eigenvalue weighted by Gasteiger charge is -2.59. The summed E-state index contributed by atoms with van der Waals surface area (Å²) in [5.41, 5.74) is 2.77. The zero-order chi connectivity index (χ0) is 44.8. The van der Waals surface area contributed by atoms with Crippen LogP contribution in [0.4, 0.5) is 4.79 Å². The van der Waals surface area contributed by atoms with Gasteiger partial charge in [-0.3, -0.25) is 4.98 Å². The highest BCUT2D eigenvalue weighted by Gasteiger charge is 2.66. The second-order valence-electron chi connectivity index (χ2n) is 17.6. The van der Waals surface area contributed by atoms with Crippen LogP contribution in [0.2, 0.25) is 0 Å². The Morgan fingerprint density at radius 2 is 1.76 bits per heavy atom. The minimum absolute atomic E-state index is 0.0205. The molecule has 1 fully saturated rings. The lowest BCUT2D eigenvalue weighted by Crippen LogP contribution is -2.69. The number of oxime groups is 1. The molecule has 0 spiro atoms. The summed E-state index contributed by atoms with van der Waals surface area (Å²) in [6.45, 7) is 10.1. The van der Waals surface area contributed by atoms with Crippen molar-refractivity contribution in [2.75, 3.05) is 26.9 Å². The maximum Gasteiger partial charge on any atom is 0.412 e. The van der Waals surface area contributed by atoms with Crippen LogP contribution < -0.4 is 14.8 Å². The lowest BCUT2D eigenvalue weighted by molar-refractivity contribution is -0.250. The van der Waals surface area contributed by atoms with Crippen LogP contribution in [0.3, 0.4) is 0 Å².